The number of benzene rings is 2. The molecule has 0 radical (unpaired) electrons. The van der Waals surface area contributed by atoms with Crippen molar-refractivity contribution >= 4 is 142 Å². The SMILES string of the molecule is CCCC[C@H](NC(=O)CN(C)C(=O)[C@@H]1CNC(=O)CCC(=O)N[C@@H](Cc2ccc(O)cc2)C(=O)N[C@@H]([C@@H](C)CC)C(=O)N[C@@H](CCC(N)=O)C(=O)N[C@@H](CC(N)=O)C(=O)N1)C(=O)NCC(N)=O.CC[C@H](C)[C@@H]1NC(=O)[C@H](Cc2ccc(O)cc2)NC(=O)CCC(=O)NC[C@@H](C(=O)N(C)CC(=O)N[C@H](C(=O)NCC(N)=O)C(C)C)NC(=O)[C@H](CC(N)=O)NC(=O)[C@H](CCC(N)=O)NC1=O. The third-order valence-corrected chi connectivity index (χ3v) is 20.9. The Hall–Kier alpha value is -14.7. The Bertz CT molecular complexity index is 4520. The summed E-state index contributed by atoms with van der Waals surface area (Å²) in [4.78, 5) is 316. The number of carbonyl (C=O) groups is 24. The first kappa shape index (κ1) is 112. The molecule has 133 heavy (non-hydrogen) atoms. The third kappa shape index (κ3) is 41.7. The van der Waals surface area contributed by atoms with Crippen molar-refractivity contribution in [2.45, 2.75) is 230 Å². The lowest BCUT2D eigenvalue weighted by atomic mass is 9.96. The maximum atomic E-state index is 14.0. The molecule has 2 aromatic rings. The second-order valence-electron chi connectivity index (χ2n) is 32.4. The van der Waals surface area contributed by atoms with Gasteiger partial charge in [-0.25, -0.2) is 0 Å². The first-order valence-electron chi connectivity index (χ1n) is 42.9. The summed E-state index contributed by atoms with van der Waals surface area (Å²) in [6, 6.07) is -6.61. The number of nitrogens with one attached hydrogen (secondary N) is 16. The average Bonchev–Trinajstić information content (AvgIpc) is 0.844. The van der Waals surface area contributed by atoms with Gasteiger partial charge in [0.1, 0.15) is 84.0 Å². The molecule has 0 spiro atoms. The second-order valence-corrected chi connectivity index (χ2v) is 32.4. The predicted octanol–water partition coefficient (Wildman–Crippen LogP) is -10.2. The number of aromatic hydroxyl groups is 2. The van der Waals surface area contributed by atoms with Crippen molar-refractivity contribution in [3.63, 3.8) is 0 Å². The van der Waals surface area contributed by atoms with E-state index in [1.165, 1.54) is 48.5 Å². The number of unbranched alkanes of at least 4 members (excludes halogenated alkanes) is 1. The van der Waals surface area contributed by atoms with Gasteiger partial charge in [0.15, 0.2) is 0 Å². The van der Waals surface area contributed by atoms with Crippen molar-refractivity contribution < 1.29 is 125 Å². The van der Waals surface area contributed by atoms with Gasteiger partial charge in [-0.3, -0.25) is 115 Å². The molecule has 0 bridgehead atoms. The molecule has 14 atom stereocenters. The minimum atomic E-state index is -1.84. The fourth-order valence-electron chi connectivity index (χ4n) is 13.0. The number of phenols is 2. The van der Waals surface area contributed by atoms with E-state index in [9.17, 15) is 125 Å². The Morgan fingerprint density at radius 1 is 0.406 bits per heavy atom. The van der Waals surface area contributed by atoms with Crippen LogP contribution in [0.15, 0.2) is 48.5 Å². The van der Waals surface area contributed by atoms with E-state index in [0.29, 0.717) is 36.8 Å². The Kier molecular flexibility index (Phi) is 48.0. The highest BCUT2D eigenvalue weighted by Gasteiger charge is 2.40. The van der Waals surface area contributed by atoms with Crippen molar-refractivity contribution in [1.29, 1.82) is 0 Å². The molecule has 0 saturated carbocycles. The molecule has 2 fully saturated rings. The van der Waals surface area contributed by atoms with Crippen LogP contribution in [0.3, 0.4) is 0 Å². The smallest absolute Gasteiger partial charge is 0.247 e. The van der Waals surface area contributed by atoms with Crippen LogP contribution in [0.2, 0.25) is 0 Å². The lowest BCUT2D eigenvalue weighted by molar-refractivity contribution is -0.140. The van der Waals surface area contributed by atoms with Crippen LogP contribution in [-0.2, 0) is 128 Å². The molecule has 4 rings (SSSR count). The molecule has 24 amide bonds. The van der Waals surface area contributed by atoms with Gasteiger partial charge in [-0.15, -0.1) is 0 Å². The second kappa shape index (κ2) is 56.7. The summed E-state index contributed by atoms with van der Waals surface area (Å²) in [5, 5.41) is 58.6. The molecule has 0 aromatic heterocycles. The lowest BCUT2D eigenvalue weighted by Crippen LogP contribution is -2.61. The summed E-state index contributed by atoms with van der Waals surface area (Å²) in [6.45, 7) is 7.94. The molecular weight excluding hydrogens is 1750 g/mol. The fraction of sp³-hybridized carbons (Fsp3) is 0.566. The van der Waals surface area contributed by atoms with Crippen LogP contribution in [0, 0.1) is 17.8 Å². The van der Waals surface area contributed by atoms with Gasteiger partial charge in [0, 0.05) is 78.6 Å². The molecule has 0 aliphatic carbocycles. The van der Waals surface area contributed by atoms with E-state index < -0.39 is 336 Å². The zero-order chi connectivity index (χ0) is 100. The molecule has 2 aromatic carbocycles. The van der Waals surface area contributed by atoms with Crippen LogP contribution in [0.1, 0.15) is 156 Å². The Balaban J connectivity index is 0.000000685. The molecular formula is C83H126N24O26. The molecule has 0 unspecified atom stereocenters. The Morgan fingerprint density at radius 3 is 1.08 bits per heavy atom. The van der Waals surface area contributed by atoms with Crippen LogP contribution >= 0.6 is 0 Å². The number of nitrogens with zero attached hydrogens (tertiary/aromatic N) is 2. The average molecular weight is 1880 g/mol. The molecule has 734 valence electrons. The highest BCUT2D eigenvalue weighted by Crippen LogP contribution is 2.19. The standard InChI is InChI=1S/C42H64N12O13.C41H62N12O13/c1-5-7-8-25(37(62)47-20-32(45)58)48-35(61)21-54(4)42(67)29-19-46-33(59)15-16-34(60)49-27(17-23-9-11-24(55)12-10-23)40(65)53-36(22(3)6-2)41(66)50-26(13-14-30(43)56)38(63)51-28(18-31(44)57)39(64)52-29;1-6-21(4)35-40(65)48-24(11-12-28(42)55)36(61)49-26(16-29(43)56)37(62)50-27(41(66)53(5)19-33(60)51-34(20(2)3)39(64)46-18-30(44)57)17-45-31(58)13-14-32(59)47-25(38(63)52-35)15-22-7-9-23(54)10-8-22/h9-12,22,25-29,36,55H,5-8,13-21H2,1-4H3,(H2,43,56)(H2,44,57)(H2,45,58)(H,46,59)(H,47,62)(H,48,61)(H,49,60)(H,50,66)(H,51,63)(H,52,64)(H,53,65);7-10,20-21,24-27,34-35,54H,6,11-19H2,1-5H3,(H2,42,55)(H2,43,56)(H2,44,57)(H,45,58)(H,46,64)(H,47,59)(H,48,65)(H,49,61)(H,50,62)(H,51,60)(H,52,63)/t22-,25-,26-,27-,28-,29-,36-;21-,24-,25-,26-,27-,34-,35-/m00/s1. The van der Waals surface area contributed by atoms with Crippen molar-refractivity contribution in [3.8, 4) is 11.5 Å². The van der Waals surface area contributed by atoms with Crippen molar-refractivity contribution in [1.82, 2.24) is 94.9 Å². The number of amides is 24. The summed E-state index contributed by atoms with van der Waals surface area (Å²) in [7, 11) is 2.32. The number of primary amides is 6. The summed E-state index contributed by atoms with van der Waals surface area (Å²) < 4.78 is 0. The van der Waals surface area contributed by atoms with Gasteiger partial charge in [-0.2, -0.15) is 0 Å². The summed E-state index contributed by atoms with van der Waals surface area (Å²) in [5.74, 6) is -23.9. The lowest BCUT2D eigenvalue weighted by Gasteiger charge is -2.30. The highest BCUT2D eigenvalue weighted by molar-refractivity contribution is 6.02. The number of phenolic OH excluding ortho intramolecular Hbond substituents is 2. The normalized spacial score (nSPS) is 21.1. The number of likely N-dealkylation sites (N-methyl/N-ethyl adjacent to an activating group) is 2. The minimum Gasteiger partial charge on any atom is -0.508 e. The van der Waals surface area contributed by atoms with Crippen molar-refractivity contribution in [3.05, 3.63) is 59.7 Å². The summed E-state index contributed by atoms with van der Waals surface area (Å²) >= 11 is 0. The van der Waals surface area contributed by atoms with Crippen LogP contribution in [0.4, 0.5) is 0 Å². The number of nitrogens with two attached hydrogens (primary N) is 6. The fourth-order valence-corrected chi connectivity index (χ4v) is 13.0. The maximum absolute atomic E-state index is 14.0. The largest absolute Gasteiger partial charge is 0.508 e. The van der Waals surface area contributed by atoms with E-state index in [1.54, 1.807) is 41.5 Å². The zero-order valence-corrected chi connectivity index (χ0v) is 75.6. The molecule has 2 aliphatic heterocycles. The van der Waals surface area contributed by atoms with Gasteiger partial charge in [-0.05, 0) is 72.4 Å². The number of hydrogen-bond acceptors (Lipinski definition) is 26. The number of hydrogen-bond donors (Lipinski definition) is 24. The minimum absolute atomic E-state index is 0.0684. The van der Waals surface area contributed by atoms with Crippen LogP contribution in [0.5, 0.6) is 11.5 Å². The number of rotatable bonds is 36. The Morgan fingerprint density at radius 2 is 0.744 bits per heavy atom. The van der Waals surface area contributed by atoms with Crippen molar-refractivity contribution in [2.75, 3.05) is 53.4 Å². The quantitative estimate of drug-likeness (QED) is 0.0301. The predicted molar refractivity (Wildman–Crippen MR) is 469 cm³/mol. The van der Waals surface area contributed by atoms with Gasteiger partial charge in [0.05, 0.1) is 39.0 Å². The topological polar surface area (TPSA) is 805 Å². The monoisotopic (exact) mass is 1870 g/mol. The molecule has 2 saturated heterocycles. The third-order valence-electron chi connectivity index (χ3n) is 20.9. The van der Waals surface area contributed by atoms with Crippen molar-refractivity contribution in [2.24, 2.45) is 52.2 Å². The summed E-state index contributed by atoms with van der Waals surface area (Å²) in [5.41, 5.74) is 32.8. The van der Waals surface area contributed by atoms with Gasteiger partial charge >= 0.3 is 0 Å². The Labute approximate surface area is 765 Å². The first-order chi connectivity index (χ1) is 62.4. The van der Waals surface area contributed by atoms with Crippen LogP contribution in [-0.4, -0.2) is 288 Å². The van der Waals surface area contributed by atoms with Crippen LogP contribution < -0.4 is 119 Å². The maximum Gasteiger partial charge on any atom is 0.247 e. The molecule has 50 heteroatoms. The van der Waals surface area contributed by atoms with E-state index in [1.807, 2.05) is 6.92 Å². The first-order valence-corrected chi connectivity index (χ1v) is 42.9. The molecule has 30 N–H and O–H groups in total. The van der Waals surface area contributed by atoms with E-state index in [4.69, 9.17) is 34.4 Å². The number of carbonyl (C=O) groups excluding carboxylic acids is 24. The zero-order valence-electron chi connectivity index (χ0n) is 75.6. The van der Waals surface area contributed by atoms with Gasteiger partial charge < -0.3 is 139 Å². The van der Waals surface area contributed by atoms with Gasteiger partial charge in [0.25, 0.3) is 0 Å². The highest BCUT2D eigenvalue weighted by atomic mass is 16.3. The van der Waals surface area contributed by atoms with E-state index in [0.717, 1.165) is 23.9 Å². The van der Waals surface area contributed by atoms with Crippen LogP contribution in [0.25, 0.3) is 0 Å². The van der Waals surface area contributed by atoms with E-state index >= 15 is 0 Å². The van der Waals surface area contributed by atoms with E-state index in [2.05, 4.69) is 85.1 Å². The molecule has 2 aliphatic rings. The molecule has 50 nitrogen and oxygen atoms in total. The van der Waals surface area contributed by atoms with Gasteiger partial charge in [0.2, 0.25) is 142 Å². The van der Waals surface area contributed by atoms with E-state index in [-0.39, 0.29) is 30.8 Å². The summed E-state index contributed by atoms with van der Waals surface area (Å²) in [6.07, 6.45) is -3.85. The van der Waals surface area contributed by atoms with Gasteiger partial charge in [-0.1, -0.05) is 98.4 Å². The molecule has 2 heterocycles.